The van der Waals surface area contributed by atoms with Gasteiger partial charge in [0, 0.05) is 11.9 Å². The summed E-state index contributed by atoms with van der Waals surface area (Å²) in [6.07, 6.45) is 21.0. The van der Waals surface area contributed by atoms with Crippen molar-refractivity contribution in [3.8, 4) is 0 Å². The van der Waals surface area contributed by atoms with Gasteiger partial charge in [-0.05, 0) is 31.4 Å². The summed E-state index contributed by atoms with van der Waals surface area (Å²) in [7, 11) is 0. The van der Waals surface area contributed by atoms with Crippen LogP contribution in [0.25, 0.3) is 0 Å². The highest BCUT2D eigenvalue weighted by molar-refractivity contribution is 5.29. The first-order valence-electron chi connectivity index (χ1n) is 8.41. The minimum atomic E-state index is 1.23. The molecule has 0 aromatic heterocycles. The monoisotopic (exact) mass is 262 g/mol. The fraction of sp³-hybridized carbons (Fsp3) is 0.778. The van der Waals surface area contributed by atoms with E-state index in [0.717, 1.165) is 0 Å². The van der Waals surface area contributed by atoms with Gasteiger partial charge in [-0.1, -0.05) is 71.1 Å². The Morgan fingerprint density at radius 3 is 1.79 bits per heavy atom. The summed E-state index contributed by atoms with van der Waals surface area (Å²) in [6, 6.07) is 0. The lowest BCUT2D eigenvalue weighted by atomic mass is 10.0. The molecule has 1 heterocycles. The van der Waals surface area contributed by atoms with E-state index in [1.165, 1.54) is 88.3 Å². The number of hydrogen-bond donors (Lipinski definition) is 0. The van der Waals surface area contributed by atoms with Crippen LogP contribution in [-0.4, -0.2) is 0 Å². The lowest BCUT2D eigenvalue weighted by molar-refractivity contribution is 0.549. The molecule has 0 spiro atoms. The molecule has 0 fully saturated rings. The number of rotatable bonds is 12. The van der Waals surface area contributed by atoms with E-state index in [1.807, 2.05) is 6.20 Å². The highest BCUT2D eigenvalue weighted by Gasteiger charge is 2.04. The summed E-state index contributed by atoms with van der Waals surface area (Å²) in [4.78, 5) is 0. The highest BCUT2D eigenvalue weighted by atomic mass is 14.9. The van der Waals surface area contributed by atoms with Gasteiger partial charge >= 0.3 is 0 Å². The van der Waals surface area contributed by atoms with Crippen molar-refractivity contribution in [1.29, 1.82) is 0 Å². The first-order chi connectivity index (χ1) is 9.34. The highest BCUT2D eigenvalue weighted by Crippen LogP contribution is 2.19. The fourth-order valence-corrected chi connectivity index (χ4v) is 2.69. The van der Waals surface area contributed by atoms with E-state index in [9.17, 15) is 0 Å². The standard InChI is InChI=1S/C18H32N/c1-3-4-5-6-7-8-9-10-11-12-13-14-18-15-16-19-17(18)2/h15-16H,3-14H2,1-2H3. The predicted molar refractivity (Wildman–Crippen MR) is 85.1 cm³/mol. The Morgan fingerprint density at radius 2 is 1.32 bits per heavy atom. The molecular formula is C18H32N. The molecular weight excluding hydrogens is 230 g/mol. The van der Waals surface area contributed by atoms with Gasteiger partial charge in [0.2, 0.25) is 0 Å². The maximum atomic E-state index is 4.29. The normalized spacial score (nSPS) is 14.2. The third-order valence-corrected chi connectivity index (χ3v) is 4.06. The van der Waals surface area contributed by atoms with E-state index in [1.54, 1.807) is 0 Å². The molecule has 1 rings (SSSR count). The summed E-state index contributed by atoms with van der Waals surface area (Å²) in [6.45, 7) is 4.40. The van der Waals surface area contributed by atoms with Crippen molar-refractivity contribution >= 4 is 0 Å². The first kappa shape index (κ1) is 16.3. The zero-order chi connectivity index (χ0) is 13.8. The Morgan fingerprint density at radius 1 is 0.789 bits per heavy atom. The van der Waals surface area contributed by atoms with Crippen molar-refractivity contribution in [2.45, 2.75) is 90.9 Å². The molecule has 1 aliphatic rings. The third-order valence-electron chi connectivity index (χ3n) is 4.06. The van der Waals surface area contributed by atoms with Crippen LogP contribution in [0.1, 0.15) is 90.9 Å². The Hall–Kier alpha value is -0.720. The Balaban J connectivity index is 1.79. The molecule has 0 aliphatic carbocycles. The van der Waals surface area contributed by atoms with Crippen molar-refractivity contribution < 1.29 is 0 Å². The van der Waals surface area contributed by atoms with Crippen LogP contribution in [0.15, 0.2) is 23.5 Å². The van der Waals surface area contributed by atoms with Gasteiger partial charge < -0.3 is 0 Å². The van der Waals surface area contributed by atoms with E-state index >= 15 is 0 Å². The SMILES string of the molecule is CCCCCCCCCCCCCC1=C(C)[N]C=C1. The first-order valence-corrected chi connectivity index (χ1v) is 8.41. The van der Waals surface area contributed by atoms with E-state index in [2.05, 4.69) is 25.2 Å². The van der Waals surface area contributed by atoms with Crippen molar-refractivity contribution in [3.63, 3.8) is 0 Å². The minimum absolute atomic E-state index is 1.23. The van der Waals surface area contributed by atoms with Crippen LogP contribution in [0.4, 0.5) is 0 Å². The molecule has 0 aromatic rings. The zero-order valence-electron chi connectivity index (χ0n) is 13.1. The molecule has 0 aromatic carbocycles. The maximum Gasteiger partial charge on any atom is 0.0405 e. The van der Waals surface area contributed by atoms with Gasteiger partial charge in [-0.3, -0.25) is 5.32 Å². The van der Waals surface area contributed by atoms with Gasteiger partial charge in [0.25, 0.3) is 0 Å². The van der Waals surface area contributed by atoms with Crippen molar-refractivity contribution in [2.75, 3.05) is 0 Å². The van der Waals surface area contributed by atoms with Gasteiger partial charge in [0.15, 0.2) is 0 Å². The number of hydrogen-bond acceptors (Lipinski definition) is 0. The summed E-state index contributed by atoms with van der Waals surface area (Å²) in [5.74, 6) is 0. The Labute approximate surface area is 120 Å². The average molecular weight is 262 g/mol. The molecule has 0 bridgehead atoms. The topological polar surface area (TPSA) is 14.1 Å². The fourth-order valence-electron chi connectivity index (χ4n) is 2.69. The second-order valence-electron chi connectivity index (χ2n) is 5.84. The predicted octanol–water partition coefficient (Wildman–Crippen LogP) is 6.09. The van der Waals surface area contributed by atoms with E-state index < -0.39 is 0 Å². The second kappa shape index (κ2) is 11.1. The van der Waals surface area contributed by atoms with Crippen LogP contribution in [0.5, 0.6) is 0 Å². The maximum absolute atomic E-state index is 4.29. The molecule has 0 saturated heterocycles. The smallest absolute Gasteiger partial charge is 0.0405 e. The molecule has 1 aliphatic heterocycles. The molecule has 1 radical (unpaired) electrons. The molecule has 1 nitrogen and oxygen atoms in total. The minimum Gasteiger partial charge on any atom is -0.261 e. The second-order valence-corrected chi connectivity index (χ2v) is 5.84. The largest absolute Gasteiger partial charge is 0.261 e. The van der Waals surface area contributed by atoms with Crippen LogP contribution in [0, 0.1) is 0 Å². The van der Waals surface area contributed by atoms with Crippen molar-refractivity contribution in [2.24, 2.45) is 0 Å². The van der Waals surface area contributed by atoms with Gasteiger partial charge in [-0.2, -0.15) is 0 Å². The van der Waals surface area contributed by atoms with E-state index in [-0.39, 0.29) is 0 Å². The lowest BCUT2D eigenvalue weighted by Crippen LogP contribution is -1.89. The third kappa shape index (κ3) is 8.13. The van der Waals surface area contributed by atoms with Gasteiger partial charge in [-0.15, -0.1) is 0 Å². The quantitative estimate of drug-likeness (QED) is 0.378. The molecule has 19 heavy (non-hydrogen) atoms. The zero-order valence-corrected chi connectivity index (χ0v) is 13.1. The van der Waals surface area contributed by atoms with Crippen LogP contribution >= 0.6 is 0 Å². The van der Waals surface area contributed by atoms with Gasteiger partial charge in [0.1, 0.15) is 0 Å². The lowest BCUT2D eigenvalue weighted by Gasteiger charge is -2.03. The molecule has 0 amide bonds. The average Bonchev–Trinajstić information content (AvgIpc) is 2.82. The molecule has 109 valence electrons. The summed E-state index contributed by atoms with van der Waals surface area (Å²) in [5, 5.41) is 4.29. The van der Waals surface area contributed by atoms with Crippen molar-refractivity contribution in [3.05, 3.63) is 23.5 Å². The Bertz CT molecular complexity index is 275. The van der Waals surface area contributed by atoms with Crippen LogP contribution in [0.2, 0.25) is 0 Å². The Kier molecular flexibility index (Phi) is 9.57. The molecule has 0 N–H and O–H groups in total. The summed E-state index contributed by atoms with van der Waals surface area (Å²) in [5.41, 5.74) is 2.68. The van der Waals surface area contributed by atoms with Crippen LogP contribution < -0.4 is 5.32 Å². The summed E-state index contributed by atoms with van der Waals surface area (Å²) < 4.78 is 0. The van der Waals surface area contributed by atoms with Crippen LogP contribution in [0.3, 0.4) is 0 Å². The van der Waals surface area contributed by atoms with E-state index in [4.69, 9.17) is 0 Å². The van der Waals surface area contributed by atoms with Crippen LogP contribution in [-0.2, 0) is 0 Å². The number of nitrogens with zero attached hydrogens (tertiary/aromatic N) is 1. The van der Waals surface area contributed by atoms with E-state index in [0.29, 0.717) is 0 Å². The number of unbranched alkanes of at least 4 members (excludes halogenated alkanes) is 10. The number of allylic oxidation sites excluding steroid dienone is 3. The van der Waals surface area contributed by atoms with Gasteiger partial charge in [0.05, 0.1) is 0 Å². The van der Waals surface area contributed by atoms with Crippen molar-refractivity contribution in [1.82, 2.24) is 5.32 Å². The van der Waals surface area contributed by atoms with Gasteiger partial charge in [-0.25, -0.2) is 0 Å². The molecule has 0 unspecified atom stereocenters. The summed E-state index contributed by atoms with van der Waals surface area (Å²) >= 11 is 0. The molecule has 1 heteroatoms. The molecule has 0 saturated carbocycles. The molecule has 0 atom stereocenters.